The Kier molecular flexibility index (Phi) is 7.44. The van der Waals surface area contributed by atoms with E-state index in [1.54, 1.807) is 42.7 Å². The normalized spacial score (nSPS) is 14.7. The van der Waals surface area contributed by atoms with Crippen molar-refractivity contribution < 1.29 is 28.4 Å². The molecule has 0 spiro atoms. The number of aromatic nitrogens is 2. The number of aromatic amines is 2. The Hall–Kier alpha value is -3.76. The topological polar surface area (TPSA) is 93.4 Å². The number of H-pyrrole nitrogens is 2. The molecular formula is C28H36N4O6. The zero-order valence-corrected chi connectivity index (χ0v) is 22.9. The average Bonchev–Trinajstić information content (AvgIpc) is 3.54. The van der Waals surface area contributed by atoms with Gasteiger partial charge in [-0.3, -0.25) is 9.80 Å². The molecule has 0 saturated carbocycles. The van der Waals surface area contributed by atoms with Crippen molar-refractivity contribution in [2.24, 2.45) is 0 Å². The second-order valence-corrected chi connectivity index (χ2v) is 9.36. The molecule has 38 heavy (non-hydrogen) atoms. The Labute approximate surface area is 222 Å². The summed E-state index contributed by atoms with van der Waals surface area (Å²) in [6, 6.07) is 8.28. The van der Waals surface area contributed by atoms with E-state index in [-0.39, 0.29) is 0 Å². The van der Waals surface area contributed by atoms with Crippen LogP contribution in [-0.4, -0.2) is 88.6 Å². The lowest BCUT2D eigenvalue weighted by Gasteiger charge is -2.34. The van der Waals surface area contributed by atoms with Crippen molar-refractivity contribution in [3.05, 3.63) is 35.7 Å². The lowest BCUT2D eigenvalue weighted by atomic mass is 10.2. The lowest BCUT2D eigenvalue weighted by Crippen LogP contribution is -2.45. The van der Waals surface area contributed by atoms with Crippen LogP contribution in [0.5, 0.6) is 34.5 Å². The van der Waals surface area contributed by atoms with Gasteiger partial charge in [-0.15, -0.1) is 0 Å². The molecule has 10 heteroatoms. The minimum atomic E-state index is 0.594. The fourth-order valence-corrected chi connectivity index (χ4v) is 5.36. The SMILES string of the molecule is COc1cc2cc(CN3CCN(Cc4cc5cc(OC)c(OC)c(OC)c5[nH]4)CC3)[nH]c2c(OC)c1OC. The van der Waals surface area contributed by atoms with E-state index in [0.29, 0.717) is 34.5 Å². The first-order chi connectivity index (χ1) is 18.5. The lowest BCUT2D eigenvalue weighted by molar-refractivity contribution is 0.120. The molecular weight excluding hydrogens is 488 g/mol. The predicted octanol–water partition coefficient (Wildman–Crippen LogP) is 4.02. The average molecular weight is 525 g/mol. The van der Waals surface area contributed by atoms with E-state index in [2.05, 4.69) is 31.9 Å². The Balaban J connectivity index is 1.26. The summed E-state index contributed by atoms with van der Waals surface area (Å²) in [7, 11) is 9.80. The van der Waals surface area contributed by atoms with Crippen LogP contribution in [0.15, 0.2) is 24.3 Å². The highest BCUT2D eigenvalue weighted by Crippen LogP contribution is 2.44. The largest absolute Gasteiger partial charge is 0.493 e. The highest BCUT2D eigenvalue weighted by molar-refractivity contribution is 5.92. The molecule has 0 aliphatic carbocycles. The van der Waals surface area contributed by atoms with Gasteiger partial charge < -0.3 is 38.4 Å². The Bertz CT molecular complexity index is 1310. The number of hydrogen-bond acceptors (Lipinski definition) is 8. The van der Waals surface area contributed by atoms with Crippen LogP contribution in [0.4, 0.5) is 0 Å². The van der Waals surface area contributed by atoms with E-state index in [9.17, 15) is 0 Å². The van der Waals surface area contributed by atoms with Gasteiger partial charge in [0, 0.05) is 61.4 Å². The number of ether oxygens (including phenoxy) is 6. The highest BCUT2D eigenvalue weighted by atomic mass is 16.5. The van der Waals surface area contributed by atoms with Gasteiger partial charge in [-0.1, -0.05) is 0 Å². The molecule has 0 amide bonds. The van der Waals surface area contributed by atoms with E-state index in [0.717, 1.165) is 72.5 Å². The summed E-state index contributed by atoms with van der Waals surface area (Å²) >= 11 is 0. The van der Waals surface area contributed by atoms with Crippen LogP contribution in [0.25, 0.3) is 21.8 Å². The first kappa shape index (κ1) is 25.9. The molecule has 0 atom stereocenters. The van der Waals surface area contributed by atoms with Crippen molar-refractivity contribution in [1.29, 1.82) is 0 Å². The van der Waals surface area contributed by atoms with E-state index >= 15 is 0 Å². The smallest absolute Gasteiger partial charge is 0.205 e. The monoisotopic (exact) mass is 524 g/mol. The van der Waals surface area contributed by atoms with Gasteiger partial charge in [0.2, 0.25) is 11.5 Å². The zero-order chi connectivity index (χ0) is 26.8. The molecule has 2 N–H and O–H groups in total. The van der Waals surface area contributed by atoms with Crippen molar-refractivity contribution >= 4 is 21.8 Å². The van der Waals surface area contributed by atoms with Crippen molar-refractivity contribution in [2.75, 3.05) is 68.8 Å². The fourth-order valence-electron chi connectivity index (χ4n) is 5.36. The van der Waals surface area contributed by atoms with Crippen LogP contribution in [0.1, 0.15) is 11.4 Å². The molecule has 1 fully saturated rings. The second kappa shape index (κ2) is 10.9. The fraction of sp³-hybridized carbons (Fsp3) is 0.429. The van der Waals surface area contributed by atoms with Crippen LogP contribution in [0.2, 0.25) is 0 Å². The van der Waals surface area contributed by atoms with E-state index in [1.807, 2.05) is 12.1 Å². The molecule has 204 valence electrons. The molecule has 0 unspecified atom stereocenters. The molecule has 5 rings (SSSR count). The summed E-state index contributed by atoms with van der Waals surface area (Å²) in [5.41, 5.74) is 4.10. The van der Waals surface area contributed by atoms with E-state index < -0.39 is 0 Å². The minimum Gasteiger partial charge on any atom is -0.493 e. The van der Waals surface area contributed by atoms with Crippen LogP contribution in [0.3, 0.4) is 0 Å². The third kappa shape index (κ3) is 4.65. The van der Waals surface area contributed by atoms with E-state index in [4.69, 9.17) is 28.4 Å². The third-order valence-electron chi connectivity index (χ3n) is 7.20. The Morgan fingerprint density at radius 2 is 0.895 bits per heavy atom. The first-order valence-corrected chi connectivity index (χ1v) is 12.6. The maximum absolute atomic E-state index is 5.65. The predicted molar refractivity (Wildman–Crippen MR) is 146 cm³/mol. The van der Waals surface area contributed by atoms with Gasteiger partial charge in [0.25, 0.3) is 0 Å². The molecule has 2 aromatic heterocycles. The molecule has 10 nitrogen and oxygen atoms in total. The summed E-state index contributed by atoms with van der Waals surface area (Å²) in [5.74, 6) is 3.81. The number of benzene rings is 2. The number of rotatable bonds is 10. The number of piperazine rings is 1. The maximum atomic E-state index is 5.65. The van der Waals surface area contributed by atoms with Gasteiger partial charge in [-0.2, -0.15) is 0 Å². The molecule has 2 aromatic carbocycles. The van der Waals surface area contributed by atoms with Crippen molar-refractivity contribution in [3.8, 4) is 34.5 Å². The van der Waals surface area contributed by atoms with Gasteiger partial charge in [0.05, 0.1) is 53.7 Å². The molecule has 0 bridgehead atoms. The highest BCUT2D eigenvalue weighted by Gasteiger charge is 2.22. The molecule has 3 heterocycles. The van der Waals surface area contributed by atoms with Crippen molar-refractivity contribution in [1.82, 2.24) is 19.8 Å². The van der Waals surface area contributed by atoms with Gasteiger partial charge in [-0.25, -0.2) is 0 Å². The van der Waals surface area contributed by atoms with Gasteiger partial charge >= 0.3 is 0 Å². The van der Waals surface area contributed by atoms with Gasteiger partial charge in [0.1, 0.15) is 0 Å². The summed E-state index contributed by atoms with van der Waals surface area (Å²) in [4.78, 5) is 12.0. The van der Waals surface area contributed by atoms with Gasteiger partial charge in [-0.05, 0) is 24.3 Å². The number of fused-ring (bicyclic) bond motifs is 2. The minimum absolute atomic E-state index is 0.594. The number of nitrogens with zero attached hydrogens (tertiary/aromatic N) is 2. The summed E-state index contributed by atoms with van der Waals surface area (Å²) in [6.45, 7) is 5.57. The number of hydrogen-bond donors (Lipinski definition) is 2. The molecule has 1 aliphatic rings. The maximum Gasteiger partial charge on any atom is 0.205 e. The van der Waals surface area contributed by atoms with Crippen molar-refractivity contribution in [2.45, 2.75) is 13.1 Å². The quantitative estimate of drug-likeness (QED) is 0.321. The van der Waals surface area contributed by atoms with Crippen LogP contribution >= 0.6 is 0 Å². The molecule has 1 aliphatic heterocycles. The van der Waals surface area contributed by atoms with Gasteiger partial charge in [0.15, 0.2) is 23.0 Å². The van der Waals surface area contributed by atoms with Crippen molar-refractivity contribution in [3.63, 3.8) is 0 Å². The summed E-state index contributed by atoms with van der Waals surface area (Å²) in [5, 5.41) is 2.08. The summed E-state index contributed by atoms with van der Waals surface area (Å²) in [6.07, 6.45) is 0. The van der Waals surface area contributed by atoms with Crippen LogP contribution in [-0.2, 0) is 13.1 Å². The molecule has 1 saturated heterocycles. The molecule has 4 aromatic rings. The van der Waals surface area contributed by atoms with Crippen LogP contribution < -0.4 is 28.4 Å². The first-order valence-electron chi connectivity index (χ1n) is 12.6. The zero-order valence-electron chi connectivity index (χ0n) is 22.9. The molecule has 0 radical (unpaired) electrons. The third-order valence-corrected chi connectivity index (χ3v) is 7.20. The Morgan fingerprint density at radius 1 is 0.526 bits per heavy atom. The Morgan fingerprint density at radius 3 is 1.21 bits per heavy atom. The van der Waals surface area contributed by atoms with Crippen LogP contribution in [0, 0.1) is 0 Å². The second-order valence-electron chi connectivity index (χ2n) is 9.36. The standard InChI is InChI=1S/C28H36N4O6/c1-33-21-13-17-11-19(29-23(17)27(37-5)25(21)35-3)15-31-7-9-32(10-8-31)16-20-12-18-14-22(34-2)26(36-4)28(38-6)24(18)30-20/h11-14,29-30H,7-10,15-16H2,1-6H3. The number of methoxy groups -OCH3 is 6. The van der Waals surface area contributed by atoms with E-state index in [1.165, 1.54) is 0 Å². The summed E-state index contributed by atoms with van der Waals surface area (Å²) < 4.78 is 33.4. The number of nitrogens with one attached hydrogen (secondary N) is 2.